The first kappa shape index (κ1) is 15.6. The van der Waals surface area contributed by atoms with Crippen molar-refractivity contribution in [1.82, 2.24) is 10.5 Å². The number of benzene rings is 1. The van der Waals surface area contributed by atoms with E-state index in [2.05, 4.69) is 26.4 Å². The van der Waals surface area contributed by atoms with E-state index in [0.29, 0.717) is 17.1 Å². The number of amides is 1. The zero-order chi connectivity index (χ0) is 15.4. The number of aryl methyl sites for hydroxylation is 1. The van der Waals surface area contributed by atoms with Crippen LogP contribution in [0.15, 0.2) is 33.3 Å². The van der Waals surface area contributed by atoms with Gasteiger partial charge in [0.15, 0.2) is 5.76 Å². The molecule has 2 rings (SSSR count). The molecule has 0 radical (unpaired) electrons. The molecule has 1 N–H and O–H groups in total. The molecule has 0 saturated carbocycles. The summed E-state index contributed by atoms with van der Waals surface area (Å²) >= 11 is 3.41. The van der Waals surface area contributed by atoms with Gasteiger partial charge in [-0.2, -0.15) is 0 Å². The van der Waals surface area contributed by atoms with Crippen LogP contribution in [0.3, 0.4) is 0 Å². The van der Waals surface area contributed by atoms with Crippen LogP contribution in [0, 0.1) is 6.92 Å². The Morgan fingerprint density at radius 2 is 2.19 bits per heavy atom. The van der Waals surface area contributed by atoms with Gasteiger partial charge in [0, 0.05) is 17.7 Å². The summed E-state index contributed by atoms with van der Waals surface area (Å²) in [6, 6.07) is 7.13. The Morgan fingerprint density at radius 3 is 2.76 bits per heavy atom. The Labute approximate surface area is 131 Å². The van der Waals surface area contributed by atoms with Crippen molar-refractivity contribution < 1.29 is 14.1 Å². The van der Waals surface area contributed by atoms with E-state index in [9.17, 15) is 4.79 Å². The smallest absolute Gasteiger partial charge is 0.251 e. The van der Waals surface area contributed by atoms with Crippen molar-refractivity contribution in [1.29, 1.82) is 0 Å². The summed E-state index contributed by atoms with van der Waals surface area (Å²) in [5.74, 6) is 1.19. The maximum atomic E-state index is 11.9. The Kier molecular flexibility index (Phi) is 5.01. The van der Waals surface area contributed by atoms with E-state index in [1.165, 1.54) is 0 Å². The van der Waals surface area contributed by atoms with Crippen molar-refractivity contribution in [2.75, 3.05) is 0 Å². The fourth-order valence-electron chi connectivity index (χ4n) is 1.74. The molecule has 2 aromatic rings. The molecule has 0 aliphatic rings. The lowest BCUT2D eigenvalue weighted by Gasteiger charge is -2.10. The second-order valence-corrected chi connectivity index (χ2v) is 5.85. The van der Waals surface area contributed by atoms with Gasteiger partial charge in [0.05, 0.1) is 10.2 Å². The number of carbonyl (C=O) groups is 1. The molecule has 1 aromatic carbocycles. The van der Waals surface area contributed by atoms with Crippen LogP contribution in [0.4, 0.5) is 0 Å². The third-order valence-corrected chi connectivity index (χ3v) is 3.28. The number of nitrogens with one attached hydrogen (secondary N) is 1. The molecule has 5 nitrogen and oxygen atoms in total. The lowest BCUT2D eigenvalue weighted by molar-refractivity contribution is 0.0943. The van der Waals surface area contributed by atoms with E-state index in [1.807, 2.05) is 26.8 Å². The van der Waals surface area contributed by atoms with E-state index in [-0.39, 0.29) is 18.6 Å². The van der Waals surface area contributed by atoms with Crippen molar-refractivity contribution >= 4 is 21.8 Å². The number of rotatable bonds is 5. The SMILES string of the molecule is Cc1cc(COc2ccc(C(=O)NC(C)C)cc2Br)on1. The van der Waals surface area contributed by atoms with Gasteiger partial charge in [-0.3, -0.25) is 4.79 Å². The number of hydrogen-bond acceptors (Lipinski definition) is 4. The van der Waals surface area contributed by atoms with Crippen molar-refractivity contribution in [3.05, 3.63) is 45.8 Å². The summed E-state index contributed by atoms with van der Waals surface area (Å²) in [6.45, 7) is 5.98. The standard InChI is InChI=1S/C15H17BrN2O3/c1-9(2)17-15(19)11-4-5-14(13(16)7-11)20-8-12-6-10(3)18-21-12/h4-7,9H,8H2,1-3H3,(H,17,19). The van der Waals surface area contributed by atoms with E-state index in [4.69, 9.17) is 9.26 Å². The summed E-state index contributed by atoms with van der Waals surface area (Å²) in [4.78, 5) is 11.9. The maximum Gasteiger partial charge on any atom is 0.251 e. The van der Waals surface area contributed by atoms with E-state index in [0.717, 1.165) is 10.2 Å². The first-order chi connectivity index (χ1) is 9.95. The van der Waals surface area contributed by atoms with E-state index in [1.54, 1.807) is 18.2 Å². The first-order valence-corrected chi connectivity index (χ1v) is 7.40. The third-order valence-electron chi connectivity index (χ3n) is 2.66. The molecule has 1 aromatic heterocycles. The highest BCUT2D eigenvalue weighted by atomic mass is 79.9. The monoisotopic (exact) mass is 352 g/mol. The first-order valence-electron chi connectivity index (χ1n) is 6.61. The number of ether oxygens (including phenoxy) is 1. The summed E-state index contributed by atoms with van der Waals surface area (Å²) < 4.78 is 11.4. The number of aromatic nitrogens is 1. The van der Waals surface area contributed by atoms with E-state index < -0.39 is 0 Å². The Bertz CT molecular complexity index is 638. The van der Waals surface area contributed by atoms with Crippen molar-refractivity contribution in [2.45, 2.75) is 33.4 Å². The summed E-state index contributed by atoms with van der Waals surface area (Å²) in [6.07, 6.45) is 0. The second kappa shape index (κ2) is 6.76. The molecule has 0 atom stereocenters. The molecule has 0 unspecified atom stereocenters. The molecule has 21 heavy (non-hydrogen) atoms. The summed E-state index contributed by atoms with van der Waals surface area (Å²) in [5, 5.41) is 6.64. The summed E-state index contributed by atoms with van der Waals surface area (Å²) in [7, 11) is 0. The molecule has 0 bridgehead atoms. The third kappa shape index (κ3) is 4.32. The number of halogens is 1. The van der Waals surface area contributed by atoms with Gasteiger partial charge in [-0.25, -0.2) is 0 Å². The average molecular weight is 353 g/mol. The predicted octanol–water partition coefficient (Wildman–Crippen LogP) is 3.46. The highest BCUT2D eigenvalue weighted by molar-refractivity contribution is 9.10. The zero-order valence-corrected chi connectivity index (χ0v) is 13.7. The summed E-state index contributed by atoms with van der Waals surface area (Å²) in [5.41, 5.74) is 1.40. The molecule has 0 aliphatic carbocycles. The minimum atomic E-state index is -0.108. The van der Waals surface area contributed by atoms with Crippen molar-refractivity contribution in [3.8, 4) is 5.75 Å². The molecule has 112 valence electrons. The van der Waals surface area contributed by atoms with Gasteiger partial charge in [-0.05, 0) is 54.9 Å². The highest BCUT2D eigenvalue weighted by Crippen LogP contribution is 2.27. The van der Waals surface area contributed by atoms with Gasteiger partial charge in [0.2, 0.25) is 0 Å². The Morgan fingerprint density at radius 1 is 1.43 bits per heavy atom. The number of hydrogen-bond donors (Lipinski definition) is 1. The quantitative estimate of drug-likeness (QED) is 0.894. The molecule has 0 spiro atoms. The molecule has 6 heteroatoms. The van der Waals surface area contributed by atoms with Crippen LogP contribution in [-0.2, 0) is 6.61 Å². The van der Waals surface area contributed by atoms with E-state index >= 15 is 0 Å². The second-order valence-electron chi connectivity index (χ2n) is 5.00. The van der Waals surface area contributed by atoms with Crippen LogP contribution in [-0.4, -0.2) is 17.1 Å². The van der Waals surface area contributed by atoms with Gasteiger partial charge in [0.25, 0.3) is 5.91 Å². The van der Waals surface area contributed by atoms with Crippen LogP contribution in [0.25, 0.3) is 0 Å². The minimum absolute atomic E-state index is 0.0990. The molecule has 0 aliphatic heterocycles. The minimum Gasteiger partial charge on any atom is -0.484 e. The Balaban J connectivity index is 2.03. The Hall–Kier alpha value is -1.82. The zero-order valence-electron chi connectivity index (χ0n) is 12.1. The fraction of sp³-hybridized carbons (Fsp3) is 0.333. The topological polar surface area (TPSA) is 64.4 Å². The lowest BCUT2D eigenvalue weighted by atomic mass is 10.2. The average Bonchev–Trinajstić information content (AvgIpc) is 2.82. The van der Waals surface area contributed by atoms with Gasteiger partial charge >= 0.3 is 0 Å². The maximum absolute atomic E-state index is 11.9. The van der Waals surface area contributed by atoms with Gasteiger partial charge in [0.1, 0.15) is 12.4 Å². The molecular formula is C15H17BrN2O3. The molecule has 0 fully saturated rings. The van der Waals surface area contributed by atoms with Crippen LogP contribution < -0.4 is 10.1 Å². The highest BCUT2D eigenvalue weighted by Gasteiger charge is 2.11. The lowest BCUT2D eigenvalue weighted by Crippen LogP contribution is -2.30. The normalized spacial score (nSPS) is 10.7. The number of carbonyl (C=O) groups excluding carboxylic acids is 1. The van der Waals surface area contributed by atoms with Gasteiger partial charge in [-0.1, -0.05) is 5.16 Å². The molecule has 0 saturated heterocycles. The van der Waals surface area contributed by atoms with Crippen molar-refractivity contribution in [2.24, 2.45) is 0 Å². The largest absolute Gasteiger partial charge is 0.484 e. The van der Waals surface area contributed by atoms with Crippen molar-refractivity contribution in [3.63, 3.8) is 0 Å². The van der Waals surface area contributed by atoms with Gasteiger partial charge in [-0.15, -0.1) is 0 Å². The molecule has 1 heterocycles. The fourth-order valence-corrected chi connectivity index (χ4v) is 2.23. The van der Waals surface area contributed by atoms with Crippen LogP contribution in [0.5, 0.6) is 5.75 Å². The predicted molar refractivity (Wildman–Crippen MR) is 82.3 cm³/mol. The van der Waals surface area contributed by atoms with Crippen LogP contribution in [0.1, 0.15) is 35.7 Å². The number of nitrogens with zero attached hydrogens (tertiary/aromatic N) is 1. The van der Waals surface area contributed by atoms with Gasteiger partial charge < -0.3 is 14.6 Å². The van der Waals surface area contributed by atoms with Crippen LogP contribution >= 0.6 is 15.9 Å². The molecular weight excluding hydrogens is 336 g/mol. The van der Waals surface area contributed by atoms with Crippen LogP contribution in [0.2, 0.25) is 0 Å². The molecule has 1 amide bonds.